The molecular formula is C28H28ClFN6O5. The largest absolute Gasteiger partial charge is 0.493 e. The second-order valence-corrected chi connectivity index (χ2v) is 9.74. The highest BCUT2D eigenvalue weighted by atomic mass is 35.5. The van der Waals surface area contributed by atoms with E-state index < -0.39 is 11.8 Å². The van der Waals surface area contributed by atoms with Crippen LogP contribution < -0.4 is 14.8 Å². The SMILES string of the molecule is CCOC(=O)c1cnn(CC(=O)N2CCC[C@@H](Oc3cc4c(Nc5cccc(Cl)c5F)ncnc4cc3OC)C2)c1. The maximum Gasteiger partial charge on any atom is 0.341 e. The Morgan fingerprint density at radius 3 is 2.88 bits per heavy atom. The average molecular weight is 583 g/mol. The van der Waals surface area contributed by atoms with E-state index >= 15 is 0 Å². The molecule has 4 aromatic rings. The van der Waals surface area contributed by atoms with Crippen LogP contribution in [0.15, 0.2) is 49.1 Å². The topological polar surface area (TPSA) is 121 Å². The van der Waals surface area contributed by atoms with Crippen molar-refractivity contribution in [2.24, 2.45) is 0 Å². The van der Waals surface area contributed by atoms with Crippen molar-refractivity contribution < 1.29 is 28.2 Å². The maximum absolute atomic E-state index is 14.6. The van der Waals surface area contributed by atoms with E-state index in [1.165, 1.54) is 36.6 Å². The number of amides is 1. The Kier molecular flexibility index (Phi) is 8.48. The zero-order valence-electron chi connectivity index (χ0n) is 22.5. The van der Waals surface area contributed by atoms with Crippen molar-refractivity contribution in [3.8, 4) is 11.5 Å². The van der Waals surface area contributed by atoms with E-state index in [1.807, 2.05) is 0 Å². The lowest BCUT2D eigenvalue weighted by Crippen LogP contribution is -2.45. The summed E-state index contributed by atoms with van der Waals surface area (Å²) in [5, 5.41) is 7.68. The lowest BCUT2D eigenvalue weighted by atomic mass is 10.1. The number of benzene rings is 2. The Morgan fingerprint density at radius 2 is 2.07 bits per heavy atom. The van der Waals surface area contributed by atoms with E-state index in [4.69, 9.17) is 25.8 Å². The second-order valence-electron chi connectivity index (χ2n) is 9.34. The summed E-state index contributed by atoms with van der Waals surface area (Å²) in [6.07, 6.45) is 5.41. The van der Waals surface area contributed by atoms with Gasteiger partial charge in [0.15, 0.2) is 17.3 Å². The van der Waals surface area contributed by atoms with Crippen LogP contribution in [-0.4, -0.2) is 69.4 Å². The second kappa shape index (κ2) is 12.4. The van der Waals surface area contributed by atoms with Gasteiger partial charge in [0, 0.05) is 24.2 Å². The molecule has 0 spiro atoms. The number of carbonyl (C=O) groups excluding carboxylic acids is 2. The molecule has 1 fully saturated rings. The Hall–Kier alpha value is -4.45. The molecule has 5 rings (SSSR count). The zero-order chi connectivity index (χ0) is 28.9. The number of ether oxygens (including phenoxy) is 3. The van der Waals surface area contributed by atoms with Crippen molar-refractivity contribution in [2.45, 2.75) is 32.4 Å². The normalized spacial score (nSPS) is 15.0. The lowest BCUT2D eigenvalue weighted by molar-refractivity contribution is -0.134. The number of rotatable bonds is 9. The molecule has 11 nitrogen and oxygen atoms in total. The van der Waals surface area contributed by atoms with Crippen LogP contribution in [0.25, 0.3) is 10.9 Å². The Bertz CT molecular complexity index is 1580. The molecule has 0 saturated carbocycles. The molecule has 214 valence electrons. The molecule has 41 heavy (non-hydrogen) atoms. The first-order valence-electron chi connectivity index (χ1n) is 13.0. The third-order valence-electron chi connectivity index (χ3n) is 6.59. The Balaban J connectivity index is 1.32. The van der Waals surface area contributed by atoms with E-state index in [0.29, 0.717) is 46.9 Å². The van der Waals surface area contributed by atoms with Crippen molar-refractivity contribution in [1.29, 1.82) is 0 Å². The summed E-state index contributed by atoms with van der Waals surface area (Å²) in [5.74, 6) is 0.0437. The number of halogens is 2. The van der Waals surface area contributed by atoms with Crippen LogP contribution in [0.1, 0.15) is 30.1 Å². The molecule has 0 bridgehead atoms. The van der Waals surface area contributed by atoms with Gasteiger partial charge in [-0.2, -0.15) is 5.10 Å². The Labute approximate surface area is 240 Å². The number of fused-ring (bicyclic) bond motifs is 1. The summed E-state index contributed by atoms with van der Waals surface area (Å²) in [5.41, 5.74) is 1.03. The predicted octanol–water partition coefficient (Wildman–Crippen LogP) is 4.62. The molecule has 0 aliphatic carbocycles. The van der Waals surface area contributed by atoms with E-state index in [1.54, 1.807) is 36.1 Å². The van der Waals surface area contributed by atoms with Crippen LogP contribution in [0, 0.1) is 5.82 Å². The highest BCUT2D eigenvalue weighted by Gasteiger charge is 2.27. The molecule has 2 aromatic carbocycles. The molecule has 1 saturated heterocycles. The Morgan fingerprint density at radius 1 is 1.22 bits per heavy atom. The molecule has 3 heterocycles. The number of esters is 1. The molecular weight excluding hydrogens is 555 g/mol. The average Bonchev–Trinajstić information content (AvgIpc) is 3.44. The highest BCUT2D eigenvalue weighted by Crippen LogP contribution is 2.36. The molecule has 0 radical (unpaired) electrons. The first kappa shape index (κ1) is 28.1. The van der Waals surface area contributed by atoms with E-state index in [-0.39, 0.29) is 35.9 Å². The van der Waals surface area contributed by atoms with Crippen molar-refractivity contribution in [3.05, 3.63) is 65.5 Å². The van der Waals surface area contributed by atoms with Crippen molar-refractivity contribution in [3.63, 3.8) is 0 Å². The number of nitrogens with zero attached hydrogens (tertiary/aromatic N) is 5. The molecule has 1 aliphatic heterocycles. The molecule has 1 N–H and O–H groups in total. The van der Waals surface area contributed by atoms with Crippen molar-refractivity contribution >= 4 is 45.9 Å². The molecule has 1 amide bonds. The predicted molar refractivity (Wildman–Crippen MR) is 149 cm³/mol. The summed E-state index contributed by atoms with van der Waals surface area (Å²) >= 11 is 5.94. The smallest absolute Gasteiger partial charge is 0.341 e. The van der Waals surface area contributed by atoms with E-state index in [2.05, 4.69) is 20.4 Å². The number of hydrogen-bond donors (Lipinski definition) is 1. The minimum atomic E-state index is -0.592. The summed E-state index contributed by atoms with van der Waals surface area (Å²) in [7, 11) is 1.53. The van der Waals surface area contributed by atoms with Crippen LogP contribution in [0.3, 0.4) is 0 Å². The van der Waals surface area contributed by atoms with Gasteiger partial charge in [0.2, 0.25) is 5.91 Å². The van der Waals surface area contributed by atoms with Crippen LogP contribution >= 0.6 is 11.6 Å². The van der Waals surface area contributed by atoms with E-state index in [9.17, 15) is 14.0 Å². The quantitative estimate of drug-likeness (QED) is 0.282. The highest BCUT2D eigenvalue weighted by molar-refractivity contribution is 6.31. The summed E-state index contributed by atoms with van der Waals surface area (Å²) in [6.45, 7) is 2.89. The third kappa shape index (κ3) is 6.32. The van der Waals surface area contributed by atoms with Crippen LogP contribution in [-0.2, 0) is 16.1 Å². The van der Waals surface area contributed by atoms with Gasteiger partial charge >= 0.3 is 5.97 Å². The fourth-order valence-corrected chi connectivity index (χ4v) is 4.77. The number of anilines is 2. The van der Waals surface area contributed by atoms with Gasteiger partial charge in [0.05, 0.1) is 48.2 Å². The minimum Gasteiger partial charge on any atom is -0.493 e. The number of nitrogens with one attached hydrogen (secondary N) is 1. The fourth-order valence-electron chi connectivity index (χ4n) is 4.59. The fraction of sp³-hybridized carbons (Fsp3) is 0.321. The summed E-state index contributed by atoms with van der Waals surface area (Å²) in [4.78, 5) is 35.3. The van der Waals surface area contributed by atoms with Crippen LogP contribution in [0.2, 0.25) is 5.02 Å². The molecule has 0 unspecified atom stereocenters. The molecule has 1 aliphatic rings. The summed E-state index contributed by atoms with van der Waals surface area (Å²) in [6, 6.07) is 8.11. The maximum atomic E-state index is 14.6. The first-order chi connectivity index (χ1) is 19.9. The van der Waals surface area contributed by atoms with Gasteiger partial charge in [0.1, 0.15) is 24.8 Å². The lowest BCUT2D eigenvalue weighted by Gasteiger charge is -2.33. The first-order valence-corrected chi connectivity index (χ1v) is 13.4. The standard InChI is InChI=1S/C28H28ClFN6O5/c1-3-40-28(38)17-12-33-36(13-17)15-25(37)35-9-5-6-18(14-35)41-24-10-19-22(11-23(24)39-2)31-16-32-27(19)34-21-8-4-7-20(29)26(21)30/h4,7-8,10-13,16,18H,3,5-6,9,14-15H2,1-2H3,(H,31,32,34)/t18-/m1/s1. The van der Waals surface area contributed by atoms with Gasteiger partial charge < -0.3 is 24.4 Å². The van der Waals surface area contributed by atoms with Crippen molar-refractivity contribution in [2.75, 3.05) is 32.1 Å². The van der Waals surface area contributed by atoms with E-state index in [0.717, 1.165) is 12.8 Å². The number of hydrogen-bond acceptors (Lipinski definition) is 9. The van der Waals surface area contributed by atoms with Crippen molar-refractivity contribution in [1.82, 2.24) is 24.6 Å². The van der Waals surface area contributed by atoms with Crippen LogP contribution in [0.5, 0.6) is 11.5 Å². The van der Waals surface area contributed by atoms with Gasteiger partial charge in [-0.15, -0.1) is 0 Å². The number of piperidine rings is 1. The minimum absolute atomic E-state index is 0.0116. The number of carbonyl (C=O) groups is 2. The van der Waals surface area contributed by atoms with Gasteiger partial charge in [-0.3, -0.25) is 9.48 Å². The molecule has 1 atom stereocenters. The molecule has 13 heteroatoms. The van der Waals surface area contributed by atoms with Gasteiger partial charge in [-0.1, -0.05) is 17.7 Å². The van der Waals surface area contributed by atoms with Crippen LogP contribution in [0.4, 0.5) is 15.9 Å². The number of likely N-dealkylation sites (tertiary alicyclic amines) is 1. The van der Waals surface area contributed by atoms with Gasteiger partial charge in [0.25, 0.3) is 0 Å². The monoisotopic (exact) mass is 582 g/mol. The number of methoxy groups -OCH3 is 1. The molecule has 2 aromatic heterocycles. The summed E-state index contributed by atoms with van der Waals surface area (Å²) < 4.78 is 32.9. The van der Waals surface area contributed by atoms with Gasteiger partial charge in [-0.25, -0.2) is 19.2 Å². The third-order valence-corrected chi connectivity index (χ3v) is 6.88. The number of aromatic nitrogens is 4. The zero-order valence-corrected chi connectivity index (χ0v) is 23.2. The van der Waals surface area contributed by atoms with Gasteiger partial charge in [-0.05, 0) is 38.0 Å².